The number of likely N-dealkylation sites (tertiary alicyclic amines) is 2. The van der Waals surface area contributed by atoms with Gasteiger partial charge in [-0.2, -0.15) is 0 Å². The number of amides is 3. The van der Waals surface area contributed by atoms with Crippen molar-refractivity contribution in [2.75, 3.05) is 46.9 Å². The minimum atomic E-state index is -0.800. The Morgan fingerprint density at radius 2 is 1.78 bits per heavy atom. The molecule has 0 aliphatic carbocycles. The molecule has 1 aromatic heterocycles. The molecule has 3 heterocycles. The number of carbonyl (C=O) groups is 3. The third-order valence-corrected chi connectivity index (χ3v) is 6.36. The summed E-state index contributed by atoms with van der Waals surface area (Å²) in [6.07, 6.45) is 3.17. The number of pyridine rings is 1. The molecule has 0 bridgehead atoms. The Kier molecular flexibility index (Phi) is 5.86. The molecule has 0 saturated carbocycles. The van der Waals surface area contributed by atoms with Crippen molar-refractivity contribution in [1.29, 1.82) is 0 Å². The summed E-state index contributed by atoms with van der Waals surface area (Å²) in [5.41, 5.74) is 0.803. The molecule has 0 N–H and O–H groups in total. The van der Waals surface area contributed by atoms with E-state index in [0.717, 1.165) is 5.56 Å². The monoisotopic (exact) mass is 436 g/mol. The van der Waals surface area contributed by atoms with E-state index in [1.807, 2.05) is 31.2 Å². The molecule has 4 rings (SSSR count). The highest BCUT2D eigenvalue weighted by Crippen LogP contribution is 2.44. The smallest absolute Gasteiger partial charge is 0.260 e. The topological polar surface area (TPSA) is 83.0 Å². The zero-order valence-corrected chi connectivity index (χ0v) is 18.7. The van der Waals surface area contributed by atoms with E-state index in [-0.39, 0.29) is 36.8 Å². The van der Waals surface area contributed by atoms with Gasteiger partial charge in [-0.1, -0.05) is 12.1 Å². The van der Waals surface area contributed by atoms with E-state index in [9.17, 15) is 14.4 Å². The van der Waals surface area contributed by atoms with Crippen molar-refractivity contribution in [3.05, 3.63) is 59.9 Å². The summed E-state index contributed by atoms with van der Waals surface area (Å²) < 4.78 is 5.68. The van der Waals surface area contributed by atoms with Crippen LogP contribution in [-0.2, 0) is 9.59 Å². The van der Waals surface area contributed by atoms with Crippen LogP contribution in [0.5, 0.6) is 5.75 Å². The van der Waals surface area contributed by atoms with Crippen molar-refractivity contribution < 1.29 is 19.1 Å². The zero-order valence-electron chi connectivity index (χ0n) is 18.7. The van der Waals surface area contributed by atoms with Gasteiger partial charge in [0.15, 0.2) is 6.61 Å². The van der Waals surface area contributed by atoms with Crippen LogP contribution in [0.4, 0.5) is 0 Å². The van der Waals surface area contributed by atoms with Crippen molar-refractivity contribution in [2.45, 2.75) is 6.92 Å². The summed E-state index contributed by atoms with van der Waals surface area (Å²) in [7, 11) is 3.43. The largest absolute Gasteiger partial charge is 0.484 e. The van der Waals surface area contributed by atoms with Gasteiger partial charge in [0.05, 0.1) is 5.41 Å². The summed E-state index contributed by atoms with van der Waals surface area (Å²) in [6.45, 7) is 3.32. The van der Waals surface area contributed by atoms with Gasteiger partial charge in [-0.05, 0) is 36.8 Å². The Bertz CT molecular complexity index is 1030. The second-order valence-corrected chi connectivity index (χ2v) is 8.85. The Morgan fingerprint density at radius 3 is 2.47 bits per heavy atom. The molecular formula is C24H28N4O4. The highest BCUT2D eigenvalue weighted by atomic mass is 16.5. The van der Waals surface area contributed by atoms with E-state index in [1.165, 1.54) is 0 Å². The van der Waals surface area contributed by atoms with Gasteiger partial charge in [0, 0.05) is 64.1 Å². The summed E-state index contributed by atoms with van der Waals surface area (Å²) in [5, 5.41) is 0. The first kappa shape index (κ1) is 21.8. The quantitative estimate of drug-likeness (QED) is 0.709. The maximum Gasteiger partial charge on any atom is 0.260 e. The number of carbonyl (C=O) groups excluding carboxylic acids is 3. The van der Waals surface area contributed by atoms with Crippen molar-refractivity contribution in [3.63, 3.8) is 0 Å². The second-order valence-electron chi connectivity index (χ2n) is 8.85. The van der Waals surface area contributed by atoms with Crippen molar-refractivity contribution in [2.24, 2.45) is 11.3 Å². The van der Waals surface area contributed by atoms with Gasteiger partial charge in [-0.25, -0.2) is 0 Å². The number of fused-ring (bicyclic) bond motifs is 1. The molecular weight excluding hydrogens is 408 g/mol. The van der Waals surface area contributed by atoms with Crippen LogP contribution in [-0.4, -0.2) is 84.3 Å². The molecule has 0 unspecified atom stereocenters. The third kappa shape index (κ3) is 4.04. The Balaban J connectivity index is 1.48. The molecule has 0 radical (unpaired) electrons. The highest BCUT2D eigenvalue weighted by Gasteiger charge is 2.59. The summed E-state index contributed by atoms with van der Waals surface area (Å²) in [4.78, 5) is 48.1. The van der Waals surface area contributed by atoms with E-state index in [0.29, 0.717) is 30.9 Å². The fraction of sp³-hybridized carbons (Fsp3) is 0.417. The lowest BCUT2D eigenvalue weighted by molar-refractivity contribution is -0.140. The first-order chi connectivity index (χ1) is 15.3. The van der Waals surface area contributed by atoms with Gasteiger partial charge in [-0.3, -0.25) is 19.4 Å². The Morgan fingerprint density at radius 1 is 1.09 bits per heavy atom. The van der Waals surface area contributed by atoms with Gasteiger partial charge >= 0.3 is 0 Å². The normalized spacial score (nSPS) is 21.9. The SMILES string of the molecule is Cc1cccc(OCC(=O)N2C[C@@H]3CN(C(=O)c4ccncc4)C[C@]3(C(=O)N(C)C)C2)c1. The predicted molar refractivity (Wildman–Crippen MR) is 118 cm³/mol. The van der Waals surface area contributed by atoms with Crippen LogP contribution in [0.15, 0.2) is 48.8 Å². The number of nitrogens with zero attached hydrogens (tertiary/aromatic N) is 4. The number of aryl methyl sites for hydroxylation is 1. The van der Waals surface area contributed by atoms with Crippen LogP contribution >= 0.6 is 0 Å². The minimum absolute atomic E-state index is 0.0533. The van der Waals surface area contributed by atoms with E-state index in [4.69, 9.17) is 4.74 Å². The number of ether oxygens (including phenoxy) is 1. The van der Waals surface area contributed by atoms with Gasteiger partial charge < -0.3 is 19.4 Å². The summed E-state index contributed by atoms with van der Waals surface area (Å²) in [6, 6.07) is 10.9. The molecule has 8 nitrogen and oxygen atoms in total. The van der Waals surface area contributed by atoms with Crippen molar-refractivity contribution >= 4 is 17.7 Å². The average molecular weight is 437 g/mol. The highest BCUT2D eigenvalue weighted by molar-refractivity contribution is 5.95. The molecule has 8 heteroatoms. The van der Waals surface area contributed by atoms with Crippen LogP contribution in [0.25, 0.3) is 0 Å². The fourth-order valence-electron chi connectivity index (χ4n) is 4.78. The number of hydrogen-bond donors (Lipinski definition) is 0. The van der Waals surface area contributed by atoms with Crippen LogP contribution in [0.1, 0.15) is 15.9 Å². The van der Waals surface area contributed by atoms with Gasteiger partial charge in [0.2, 0.25) is 5.91 Å². The average Bonchev–Trinajstić information content (AvgIpc) is 3.32. The second kappa shape index (κ2) is 8.61. The lowest BCUT2D eigenvalue weighted by Crippen LogP contribution is -2.48. The lowest BCUT2D eigenvalue weighted by atomic mass is 9.80. The third-order valence-electron chi connectivity index (χ3n) is 6.36. The standard InChI is InChI=1S/C24H28N4O4/c1-17-5-4-6-20(11-17)32-14-21(29)27-12-19-13-28(22(30)18-7-9-25-10-8-18)16-24(19,15-27)23(31)26(2)3/h4-11,19H,12-16H2,1-3H3/t19-,24-/m1/s1. The van der Waals surface area contributed by atoms with Crippen LogP contribution in [0.3, 0.4) is 0 Å². The maximum absolute atomic E-state index is 13.2. The van der Waals surface area contributed by atoms with Gasteiger partial charge in [0.25, 0.3) is 11.8 Å². The summed E-state index contributed by atoms with van der Waals surface area (Å²) >= 11 is 0. The molecule has 168 valence electrons. The zero-order chi connectivity index (χ0) is 22.9. The van der Waals surface area contributed by atoms with E-state index in [1.54, 1.807) is 53.3 Å². The fourth-order valence-corrected chi connectivity index (χ4v) is 4.78. The number of aromatic nitrogens is 1. The number of rotatable bonds is 5. The Hall–Kier alpha value is -3.42. The molecule has 2 aliphatic rings. The summed E-state index contributed by atoms with van der Waals surface area (Å²) in [5.74, 6) is 0.201. The first-order valence-corrected chi connectivity index (χ1v) is 10.7. The van der Waals surface area contributed by atoms with Crippen molar-refractivity contribution in [1.82, 2.24) is 19.7 Å². The molecule has 2 fully saturated rings. The van der Waals surface area contributed by atoms with Crippen LogP contribution in [0.2, 0.25) is 0 Å². The lowest BCUT2D eigenvalue weighted by Gasteiger charge is -2.30. The first-order valence-electron chi connectivity index (χ1n) is 10.7. The molecule has 2 aliphatic heterocycles. The van der Waals surface area contributed by atoms with E-state index >= 15 is 0 Å². The Labute approximate surface area is 187 Å². The van der Waals surface area contributed by atoms with E-state index in [2.05, 4.69) is 4.98 Å². The number of benzene rings is 1. The molecule has 3 amide bonds. The molecule has 32 heavy (non-hydrogen) atoms. The predicted octanol–water partition coefficient (Wildman–Crippen LogP) is 1.46. The molecule has 1 aromatic carbocycles. The van der Waals surface area contributed by atoms with Gasteiger partial charge in [0.1, 0.15) is 5.75 Å². The molecule has 2 atom stereocenters. The molecule has 2 aromatic rings. The molecule has 2 saturated heterocycles. The van der Waals surface area contributed by atoms with Crippen molar-refractivity contribution in [3.8, 4) is 5.75 Å². The van der Waals surface area contributed by atoms with Gasteiger partial charge in [-0.15, -0.1) is 0 Å². The van der Waals surface area contributed by atoms with E-state index < -0.39 is 5.41 Å². The van der Waals surface area contributed by atoms with Crippen LogP contribution in [0, 0.1) is 18.3 Å². The van der Waals surface area contributed by atoms with Crippen LogP contribution < -0.4 is 4.74 Å². The molecule has 0 spiro atoms. The number of hydrogen-bond acceptors (Lipinski definition) is 5. The minimum Gasteiger partial charge on any atom is -0.484 e. The maximum atomic E-state index is 13.2.